The van der Waals surface area contributed by atoms with Crippen molar-refractivity contribution in [3.8, 4) is 33.6 Å². The highest BCUT2D eigenvalue weighted by atomic mass is 16.3. The summed E-state index contributed by atoms with van der Waals surface area (Å²) in [4.78, 5) is 0. The van der Waals surface area contributed by atoms with Gasteiger partial charge in [0.25, 0.3) is 0 Å². The molecule has 10 aromatic rings. The van der Waals surface area contributed by atoms with E-state index >= 15 is 0 Å². The first-order valence-corrected chi connectivity index (χ1v) is 14.5. The quantitative estimate of drug-likeness (QED) is 0.188. The average Bonchev–Trinajstić information content (AvgIpc) is 3.86. The van der Waals surface area contributed by atoms with Gasteiger partial charge in [-0.3, -0.25) is 0 Å². The number of hydrogen-bond donors (Lipinski definition) is 0. The third kappa shape index (κ3) is 3.59. The van der Waals surface area contributed by atoms with Crippen molar-refractivity contribution in [3.63, 3.8) is 0 Å². The van der Waals surface area contributed by atoms with Gasteiger partial charge in [0.2, 0.25) is 0 Å². The first-order chi connectivity index (χ1) is 29.1. The molecule has 10 rings (SSSR count). The zero-order valence-electron chi connectivity index (χ0n) is 38.7. The summed E-state index contributed by atoms with van der Waals surface area (Å²) in [5.41, 5.74) is 1.07. The molecule has 0 fully saturated rings. The summed E-state index contributed by atoms with van der Waals surface area (Å²) in [6.45, 7) is 0. The Bertz CT molecular complexity index is 3560. The van der Waals surface area contributed by atoms with Crippen LogP contribution in [0.1, 0.15) is 20.6 Å². The van der Waals surface area contributed by atoms with Crippen molar-refractivity contribution >= 4 is 65.2 Å². The topological polar surface area (TPSA) is 26.3 Å². The molecule has 214 valence electrons. The van der Waals surface area contributed by atoms with Crippen LogP contribution in [0.4, 0.5) is 0 Å². The van der Waals surface area contributed by atoms with Gasteiger partial charge >= 0.3 is 0 Å². The van der Waals surface area contributed by atoms with E-state index in [2.05, 4.69) is 0 Å². The molecule has 0 aliphatic rings. The highest BCUT2D eigenvalue weighted by molar-refractivity contribution is 6.30. The number of benzene rings is 8. The summed E-state index contributed by atoms with van der Waals surface area (Å²) in [6.07, 6.45) is 0. The van der Waals surface area contributed by atoms with E-state index in [-0.39, 0.29) is 43.8 Å². The van der Waals surface area contributed by atoms with Gasteiger partial charge in [-0.15, -0.1) is 0 Å². The lowest BCUT2D eigenvalue weighted by molar-refractivity contribution is 0.628. The molecular weight excluding hydrogens is 560 g/mol. The molecule has 0 N–H and O–H groups in total. The molecular formula is C44H26O2. The molecule has 0 saturated heterocycles. The molecule has 2 heteroatoms. The summed E-state index contributed by atoms with van der Waals surface area (Å²) in [7, 11) is 0. The van der Waals surface area contributed by atoms with E-state index in [4.69, 9.17) is 22.5 Å². The molecule has 0 radical (unpaired) electrons. The second kappa shape index (κ2) is 9.69. The second-order valence-corrected chi connectivity index (χ2v) is 10.9. The normalized spacial score (nSPS) is 16.5. The van der Waals surface area contributed by atoms with Crippen molar-refractivity contribution in [1.29, 1.82) is 0 Å². The van der Waals surface area contributed by atoms with Crippen molar-refractivity contribution < 1.29 is 29.4 Å². The maximum Gasteiger partial charge on any atom is 0.139 e. The molecule has 2 aromatic heterocycles. The average molecular weight is 602 g/mol. The van der Waals surface area contributed by atoms with Gasteiger partial charge in [0, 0.05) is 33.4 Å². The lowest BCUT2D eigenvalue weighted by atomic mass is 9.83. The molecule has 0 aliphatic carbocycles. The third-order valence-corrected chi connectivity index (χ3v) is 8.41. The standard InChI is InChI=1S/C44H26O2/c1-2-14-28(15-3-1)38-25-36-39(46-38)26-40-43(35-22-10-11-24-37(35)45-40)44(36)42-33-20-8-6-18-31(33)41(32-19-7-9-21-34(32)42)30-23-12-16-27-13-4-5-17-29(27)30/h1-26H/i4D,5D,6D,7D,8D,9D,12D,13D,16D,17D,18D,19D,20D,21D,23D. The predicted octanol–water partition coefficient (Wildman–Crippen LogP) is 12.8. The highest BCUT2D eigenvalue weighted by Crippen LogP contribution is 2.51. The third-order valence-electron chi connectivity index (χ3n) is 8.41. The van der Waals surface area contributed by atoms with Gasteiger partial charge in [0.05, 0.1) is 20.6 Å². The Morgan fingerprint density at radius 2 is 1.04 bits per heavy atom. The van der Waals surface area contributed by atoms with Crippen molar-refractivity contribution in [2.24, 2.45) is 0 Å². The molecule has 0 unspecified atom stereocenters. The van der Waals surface area contributed by atoms with Crippen molar-refractivity contribution in [2.45, 2.75) is 0 Å². The van der Waals surface area contributed by atoms with E-state index in [1.165, 1.54) is 0 Å². The van der Waals surface area contributed by atoms with E-state index in [1.54, 1.807) is 36.4 Å². The van der Waals surface area contributed by atoms with E-state index in [0.717, 1.165) is 0 Å². The van der Waals surface area contributed by atoms with Crippen LogP contribution < -0.4 is 0 Å². The van der Waals surface area contributed by atoms with Crippen LogP contribution in [-0.2, 0) is 0 Å². The summed E-state index contributed by atoms with van der Waals surface area (Å²) in [5.74, 6) is 0.417. The Hall–Kier alpha value is -6.12. The van der Waals surface area contributed by atoms with Crippen molar-refractivity contribution in [3.05, 3.63) is 157 Å². The fourth-order valence-corrected chi connectivity index (χ4v) is 6.51. The first-order valence-electron chi connectivity index (χ1n) is 22.0. The molecule has 2 nitrogen and oxygen atoms in total. The zero-order chi connectivity index (χ0) is 43.2. The van der Waals surface area contributed by atoms with Crippen LogP contribution >= 0.6 is 0 Å². The number of rotatable bonds is 3. The zero-order valence-corrected chi connectivity index (χ0v) is 23.7. The van der Waals surface area contributed by atoms with Crippen molar-refractivity contribution in [2.75, 3.05) is 0 Å². The number of fused-ring (bicyclic) bond motifs is 7. The van der Waals surface area contributed by atoms with Gasteiger partial charge in [-0.25, -0.2) is 0 Å². The summed E-state index contributed by atoms with van der Waals surface area (Å²) in [6, 6.07) is 9.12. The molecule has 0 atom stereocenters. The van der Waals surface area contributed by atoms with Gasteiger partial charge in [0.1, 0.15) is 22.5 Å². The van der Waals surface area contributed by atoms with E-state index in [0.29, 0.717) is 38.6 Å². The minimum Gasteiger partial charge on any atom is -0.456 e. The molecule has 0 bridgehead atoms. The number of para-hydroxylation sites is 1. The van der Waals surface area contributed by atoms with Crippen LogP contribution in [0.15, 0.2) is 166 Å². The minimum atomic E-state index is -0.775. The molecule has 0 amide bonds. The molecule has 0 saturated carbocycles. The van der Waals surface area contributed by atoms with Gasteiger partial charge in [0.15, 0.2) is 0 Å². The van der Waals surface area contributed by atoms with Crippen LogP contribution in [0.3, 0.4) is 0 Å². The Balaban J connectivity index is 1.58. The maximum absolute atomic E-state index is 9.62. The van der Waals surface area contributed by atoms with Crippen LogP contribution in [0.5, 0.6) is 0 Å². The van der Waals surface area contributed by atoms with E-state index < -0.39 is 107 Å². The highest BCUT2D eigenvalue weighted by Gasteiger charge is 2.24. The Morgan fingerprint density at radius 3 is 1.80 bits per heavy atom. The maximum atomic E-state index is 9.62. The van der Waals surface area contributed by atoms with Gasteiger partial charge in [-0.1, -0.05) is 139 Å². The summed E-state index contributed by atoms with van der Waals surface area (Å²) in [5, 5.41) is -0.636. The second-order valence-electron chi connectivity index (χ2n) is 10.9. The SMILES string of the molecule is [2H]c1c([2H])c([2H])c2c(-c3c4c([2H])c([2H])c([2H])c([2H])c4c(-c4c5cc(-c6ccccc6)oc5cc5oc6ccccc6c45)c4c([2H])c([2H])c([2H])c([2H])c34)c([2H])c([2H])c([2H])c2c1[2H]. The molecule has 46 heavy (non-hydrogen) atoms. The fraction of sp³-hybridized carbons (Fsp3) is 0. The monoisotopic (exact) mass is 601 g/mol. The molecule has 8 aromatic carbocycles. The lowest BCUT2D eigenvalue weighted by Crippen LogP contribution is -1.92. The van der Waals surface area contributed by atoms with Gasteiger partial charge < -0.3 is 8.83 Å². The Kier molecular flexibility index (Phi) is 3.11. The number of hydrogen-bond acceptors (Lipinski definition) is 2. The van der Waals surface area contributed by atoms with E-state index in [9.17, 15) is 6.85 Å². The van der Waals surface area contributed by atoms with Gasteiger partial charge in [-0.05, 0) is 61.1 Å². The van der Waals surface area contributed by atoms with Crippen molar-refractivity contribution in [1.82, 2.24) is 0 Å². The van der Waals surface area contributed by atoms with Crippen LogP contribution in [0.2, 0.25) is 0 Å². The molecule has 0 spiro atoms. The molecule has 0 aliphatic heterocycles. The van der Waals surface area contributed by atoms with Crippen LogP contribution in [0.25, 0.3) is 98.8 Å². The Morgan fingerprint density at radius 1 is 0.413 bits per heavy atom. The summed E-state index contributed by atoms with van der Waals surface area (Å²) >= 11 is 0. The fourth-order valence-electron chi connectivity index (χ4n) is 6.51. The largest absolute Gasteiger partial charge is 0.456 e. The Labute approximate surface area is 285 Å². The van der Waals surface area contributed by atoms with Crippen LogP contribution in [0, 0.1) is 0 Å². The van der Waals surface area contributed by atoms with Crippen LogP contribution in [-0.4, -0.2) is 0 Å². The van der Waals surface area contributed by atoms with E-state index in [1.807, 2.05) is 30.3 Å². The minimum absolute atomic E-state index is 0.0451. The lowest BCUT2D eigenvalue weighted by Gasteiger charge is -2.19. The number of furan rings is 2. The first kappa shape index (κ1) is 14.8. The van der Waals surface area contributed by atoms with Gasteiger partial charge in [-0.2, -0.15) is 0 Å². The molecule has 2 heterocycles. The predicted molar refractivity (Wildman–Crippen MR) is 192 cm³/mol. The smallest absolute Gasteiger partial charge is 0.139 e. The summed E-state index contributed by atoms with van der Waals surface area (Å²) < 4.78 is 149.